The van der Waals surface area contributed by atoms with Gasteiger partial charge in [0.25, 0.3) is 5.69 Å². The van der Waals surface area contributed by atoms with Gasteiger partial charge in [-0.25, -0.2) is 13.1 Å². The van der Waals surface area contributed by atoms with Gasteiger partial charge in [-0.05, 0) is 19.4 Å². The number of hydrogen-bond donors (Lipinski definition) is 1. The normalized spacial score (nSPS) is 12.9. The summed E-state index contributed by atoms with van der Waals surface area (Å²) < 4.78 is 26.5. The molecule has 0 amide bonds. The van der Waals surface area contributed by atoms with Gasteiger partial charge in [0.15, 0.2) is 0 Å². The number of nitrogens with zero attached hydrogens (tertiary/aromatic N) is 1. The van der Waals surface area contributed by atoms with Crippen LogP contribution in [0.2, 0.25) is 5.02 Å². The van der Waals surface area contributed by atoms with Gasteiger partial charge in [-0.15, -0.1) is 6.58 Å². The van der Waals surface area contributed by atoms with Gasteiger partial charge in [0.1, 0.15) is 4.90 Å². The molecule has 1 unspecified atom stereocenters. The molecule has 0 aliphatic heterocycles. The van der Waals surface area contributed by atoms with Crippen molar-refractivity contribution in [1.82, 2.24) is 4.72 Å². The maximum atomic E-state index is 12.1. The highest BCUT2D eigenvalue weighted by molar-refractivity contribution is 7.89. The van der Waals surface area contributed by atoms with E-state index in [1.54, 1.807) is 13.0 Å². The first-order valence-electron chi connectivity index (χ1n) is 5.35. The first-order valence-corrected chi connectivity index (χ1v) is 7.21. The summed E-state index contributed by atoms with van der Waals surface area (Å²) in [6.45, 7) is 5.17. The third kappa shape index (κ3) is 4.02. The SMILES string of the molecule is C=CCC(C)NS(=O)(=O)c1cc([N+](=O)[O-])ccc1Cl. The third-order valence-corrected chi connectivity index (χ3v) is 4.36. The van der Waals surface area contributed by atoms with Gasteiger partial charge >= 0.3 is 0 Å². The average Bonchev–Trinajstić information content (AvgIpc) is 2.28. The van der Waals surface area contributed by atoms with Crippen LogP contribution in [0.15, 0.2) is 35.7 Å². The zero-order valence-electron chi connectivity index (χ0n) is 10.2. The van der Waals surface area contributed by atoms with E-state index in [1.165, 1.54) is 6.07 Å². The number of halogens is 1. The number of non-ortho nitro benzene ring substituents is 1. The summed E-state index contributed by atoms with van der Waals surface area (Å²) in [5, 5.41) is 10.6. The van der Waals surface area contributed by atoms with Crippen molar-refractivity contribution in [2.75, 3.05) is 0 Å². The summed E-state index contributed by atoms with van der Waals surface area (Å²) >= 11 is 5.78. The van der Waals surface area contributed by atoms with E-state index in [0.29, 0.717) is 6.42 Å². The van der Waals surface area contributed by atoms with Crippen molar-refractivity contribution in [3.8, 4) is 0 Å². The van der Waals surface area contributed by atoms with Gasteiger partial charge in [-0.2, -0.15) is 0 Å². The molecule has 0 aliphatic carbocycles. The number of hydrogen-bond acceptors (Lipinski definition) is 4. The van der Waals surface area contributed by atoms with E-state index in [4.69, 9.17) is 11.6 Å². The molecule has 6 nitrogen and oxygen atoms in total. The van der Waals surface area contributed by atoms with E-state index in [1.807, 2.05) is 0 Å². The monoisotopic (exact) mass is 304 g/mol. The summed E-state index contributed by atoms with van der Waals surface area (Å²) in [4.78, 5) is 9.67. The highest BCUT2D eigenvalue weighted by atomic mass is 35.5. The van der Waals surface area contributed by atoms with Crippen LogP contribution in [0.5, 0.6) is 0 Å². The molecular weight excluding hydrogens is 292 g/mol. The van der Waals surface area contributed by atoms with Crippen LogP contribution in [0.25, 0.3) is 0 Å². The molecule has 0 heterocycles. The molecule has 1 atom stereocenters. The molecule has 0 saturated carbocycles. The molecule has 1 aromatic carbocycles. The molecule has 0 bridgehead atoms. The second kappa shape index (κ2) is 6.14. The largest absolute Gasteiger partial charge is 0.270 e. The lowest BCUT2D eigenvalue weighted by molar-refractivity contribution is -0.385. The van der Waals surface area contributed by atoms with Crippen molar-refractivity contribution >= 4 is 27.3 Å². The van der Waals surface area contributed by atoms with Crippen molar-refractivity contribution in [2.24, 2.45) is 0 Å². The summed E-state index contributed by atoms with van der Waals surface area (Å²) in [5.41, 5.74) is -0.332. The number of nitro benzene ring substituents is 1. The van der Waals surface area contributed by atoms with E-state index in [9.17, 15) is 18.5 Å². The van der Waals surface area contributed by atoms with Gasteiger partial charge in [0.05, 0.1) is 9.95 Å². The topological polar surface area (TPSA) is 89.3 Å². The van der Waals surface area contributed by atoms with Crippen LogP contribution in [-0.2, 0) is 10.0 Å². The smallest absolute Gasteiger partial charge is 0.258 e. The first kappa shape index (κ1) is 15.6. The average molecular weight is 305 g/mol. The van der Waals surface area contributed by atoms with Gasteiger partial charge in [-0.1, -0.05) is 17.7 Å². The molecule has 8 heteroatoms. The Morgan fingerprint density at radius 3 is 2.74 bits per heavy atom. The first-order chi connectivity index (χ1) is 8.77. The Kier molecular flexibility index (Phi) is 5.04. The van der Waals surface area contributed by atoms with Crippen LogP contribution in [0.4, 0.5) is 5.69 Å². The predicted octanol–water partition coefficient (Wildman–Crippen LogP) is 2.49. The van der Waals surface area contributed by atoms with E-state index in [-0.39, 0.29) is 21.6 Å². The van der Waals surface area contributed by atoms with Gasteiger partial charge < -0.3 is 0 Å². The van der Waals surface area contributed by atoms with Gasteiger partial charge in [-0.3, -0.25) is 10.1 Å². The van der Waals surface area contributed by atoms with Crippen LogP contribution >= 0.6 is 11.6 Å². The molecule has 1 N–H and O–H groups in total. The van der Waals surface area contributed by atoms with Crippen LogP contribution < -0.4 is 4.72 Å². The van der Waals surface area contributed by atoms with Crippen LogP contribution in [0.1, 0.15) is 13.3 Å². The maximum Gasteiger partial charge on any atom is 0.270 e. The lowest BCUT2D eigenvalue weighted by Gasteiger charge is -2.13. The minimum absolute atomic E-state index is 0.0658. The third-order valence-electron chi connectivity index (χ3n) is 2.29. The van der Waals surface area contributed by atoms with Crippen molar-refractivity contribution in [2.45, 2.75) is 24.3 Å². The van der Waals surface area contributed by atoms with Crippen LogP contribution in [-0.4, -0.2) is 19.4 Å². The van der Waals surface area contributed by atoms with E-state index in [0.717, 1.165) is 12.1 Å². The minimum Gasteiger partial charge on any atom is -0.258 e. The van der Waals surface area contributed by atoms with Crippen LogP contribution in [0.3, 0.4) is 0 Å². The molecule has 1 rings (SSSR count). The summed E-state index contributed by atoms with van der Waals surface area (Å²) in [6, 6.07) is 2.89. The Bertz CT molecular complexity index is 601. The summed E-state index contributed by atoms with van der Waals surface area (Å²) in [6.07, 6.45) is 2.01. The van der Waals surface area contributed by atoms with E-state index in [2.05, 4.69) is 11.3 Å². The Balaban J connectivity index is 3.16. The number of sulfonamides is 1. The molecule has 0 saturated heterocycles. The zero-order valence-corrected chi connectivity index (χ0v) is 11.7. The molecule has 0 aromatic heterocycles. The highest BCUT2D eigenvalue weighted by Crippen LogP contribution is 2.26. The molecule has 0 radical (unpaired) electrons. The Morgan fingerprint density at radius 1 is 1.58 bits per heavy atom. The minimum atomic E-state index is -3.90. The molecule has 104 valence electrons. The maximum absolute atomic E-state index is 12.1. The molecule has 19 heavy (non-hydrogen) atoms. The fourth-order valence-corrected chi connectivity index (χ4v) is 3.21. The number of rotatable bonds is 6. The number of nitro groups is 1. The van der Waals surface area contributed by atoms with Crippen molar-refractivity contribution in [3.05, 3.63) is 46.0 Å². The van der Waals surface area contributed by atoms with Crippen molar-refractivity contribution < 1.29 is 13.3 Å². The lowest BCUT2D eigenvalue weighted by atomic mass is 10.3. The number of nitrogens with one attached hydrogen (secondary N) is 1. The fraction of sp³-hybridized carbons (Fsp3) is 0.273. The van der Waals surface area contributed by atoms with Crippen molar-refractivity contribution in [3.63, 3.8) is 0 Å². The van der Waals surface area contributed by atoms with Crippen molar-refractivity contribution in [1.29, 1.82) is 0 Å². The van der Waals surface area contributed by atoms with E-state index >= 15 is 0 Å². The lowest BCUT2D eigenvalue weighted by Crippen LogP contribution is -2.32. The number of benzene rings is 1. The highest BCUT2D eigenvalue weighted by Gasteiger charge is 2.22. The molecule has 0 aliphatic rings. The fourth-order valence-electron chi connectivity index (χ4n) is 1.44. The Morgan fingerprint density at radius 2 is 2.21 bits per heavy atom. The summed E-state index contributed by atoms with van der Waals surface area (Å²) in [5.74, 6) is 0. The predicted molar refractivity (Wildman–Crippen MR) is 72.7 cm³/mol. The molecule has 1 aromatic rings. The van der Waals surface area contributed by atoms with Gasteiger partial charge in [0, 0.05) is 18.2 Å². The quantitative estimate of drug-likeness (QED) is 0.497. The molecular formula is C11H13ClN2O4S. The standard InChI is InChI=1S/C11H13ClN2O4S/c1-3-4-8(2)13-19(17,18)11-7-9(14(15)16)5-6-10(11)12/h3,5-8,13H,1,4H2,2H3. The molecule has 0 spiro atoms. The van der Waals surface area contributed by atoms with Gasteiger partial charge in [0.2, 0.25) is 10.0 Å². The zero-order chi connectivity index (χ0) is 14.6. The second-order valence-electron chi connectivity index (χ2n) is 3.92. The molecule has 0 fully saturated rings. The Labute approximate surface area is 116 Å². The van der Waals surface area contributed by atoms with E-state index < -0.39 is 14.9 Å². The second-order valence-corrected chi connectivity index (χ2v) is 6.01. The van der Waals surface area contributed by atoms with Crippen LogP contribution in [0, 0.1) is 10.1 Å². The summed E-state index contributed by atoms with van der Waals surface area (Å²) in [7, 11) is -3.90. The Hall–Kier alpha value is -1.44.